The summed E-state index contributed by atoms with van der Waals surface area (Å²) in [4.78, 5) is 14.5. The van der Waals surface area contributed by atoms with E-state index in [-0.39, 0.29) is 12.5 Å². The SMILES string of the molecule is Cc1ccc(C)c(CC(=O)N(CCCO)C2CCC2)c1. The first-order valence-electron chi connectivity index (χ1n) is 7.58. The molecule has 0 unspecified atom stereocenters. The largest absolute Gasteiger partial charge is 0.396 e. The monoisotopic (exact) mass is 275 g/mol. The van der Waals surface area contributed by atoms with E-state index in [0.717, 1.165) is 18.4 Å². The normalized spacial score (nSPS) is 14.9. The van der Waals surface area contributed by atoms with E-state index in [1.807, 2.05) is 4.90 Å². The lowest BCUT2D eigenvalue weighted by Crippen LogP contribution is -2.45. The maximum atomic E-state index is 12.6. The molecule has 1 amide bonds. The first-order valence-corrected chi connectivity index (χ1v) is 7.58. The van der Waals surface area contributed by atoms with Crippen molar-refractivity contribution >= 4 is 5.91 Å². The molecule has 0 radical (unpaired) electrons. The molecule has 1 aliphatic rings. The smallest absolute Gasteiger partial charge is 0.227 e. The Hall–Kier alpha value is -1.35. The van der Waals surface area contributed by atoms with Gasteiger partial charge in [0.05, 0.1) is 6.42 Å². The number of carbonyl (C=O) groups excluding carboxylic acids is 1. The van der Waals surface area contributed by atoms with Gasteiger partial charge < -0.3 is 10.0 Å². The number of benzene rings is 1. The number of nitrogens with zero attached hydrogens (tertiary/aromatic N) is 1. The van der Waals surface area contributed by atoms with Crippen LogP contribution in [0.2, 0.25) is 0 Å². The van der Waals surface area contributed by atoms with E-state index < -0.39 is 0 Å². The summed E-state index contributed by atoms with van der Waals surface area (Å²) < 4.78 is 0. The van der Waals surface area contributed by atoms with Gasteiger partial charge in [0.25, 0.3) is 0 Å². The Morgan fingerprint density at radius 2 is 2.10 bits per heavy atom. The minimum absolute atomic E-state index is 0.153. The van der Waals surface area contributed by atoms with Crippen LogP contribution in [-0.2, 0) is 11.2 Å². The van der Waals surface area contributed by atoms with Gasteiger partial charge in [-0.1, -0.05) is 23.8 Å². The molecule has 1 fully saturated rings. The summed E-state index contributed by atoms with van der Waals surface area (Å²) in [6.45, 7) is 4.96. The van der Waals surface area contributed by atoms with Gasteiger partial charge in [-0.25, -0.2) is 0 Å². The first-order chi connectivity index (χ1) is 9.61. The number of amides is 1. The maximum Gasteiger partial charge on any atom is 0.227 e. The molecular weight excluding hydrogens is 250 g/mol. The van der Waals surface area contributed by atoms with Crippen molar-refractivity contribution in [1.82, 2.24) is 4.90 Å². The Kier molecular flexibility index (Phi) is 5.18. The van der Waals surface area contributed by atoms with Gasteiger partial charge in [-0.2, -0.15) is 0 Å². The molecule has 2 rings (SSSR count). The number of hydrogen-bond acceptors (Lipinski definition) is 2. The molecule has 0 aromatic heterocycles. The number of aliphatic hydroxyl groups excluding tert-OH is 1. The molecule has 1 saturated carbocycles. The van der Waals surface area contributed by atoms with Gasteiger partial charge in [-0.15, -0.1) is 0 Å². The lowest BCUT2D eigenvalue weighted by atomic mass is 9.90. The van der Waals surface area contributed by atoms with Gasteiger partial charge in [0.1, 0.15) is 0 Å². The molecule has 20 heavy (non-hydrogen) atoms. The van der Waals surface area contributed by atoms with E-state index in [2.05, 4.69) is 32.0 Å². The van der Waals surface area contributed by atoms with Crippen LogP contribution in [0.25, 0.3) is 0 Å². The van der Waals surface area contributed by atoms with Crippen LogP contribution in [0.4, 0.5) is 0 Å². The van der Waals surface area contributed by atoms with E-state index in [9.17, 15) is 4.79 Å². The Morgan fingerprint density at radius 3 is 2.70 bits per heavy atom. The van der Waals surface area contributed by atoms with E-state index in [0.29, 0.717) is 25.4 Å². The third-order valence-corrected chi connectivity index (χ3v) is 4.24. The molecule has 0 spiro atoms. The summed E-state index contributed by atoms with van der Waals surface area (Å²) in [6.07, 6.45) is 4.61. The second kappa shape index (κ2) is 6.89. The highest BCUT2D eigenvalue weighted by molar-refractivity contribution is 5.79. The topological polar surface area (TPSA) is 40.5 Å². The van der Waals surface area contributed by atoms with Crippen LogP contribution >= 0.6 is 0 Å². The van der Waals surface area contributed by atoms with Crippen molar-refractivity contribution in [2.75, 3.05) is 13.2 Å². The van der Waals surface area contributed by atoms with E-state index >= 15 is 0 Å². The number of carbonyl (C=O) groups is 1. The predicted molar refractivity (Wildman–Crippen MR) is 80.7 cm³/mol. The van der Waals surface area contributed by atoms with Crippen LogP contribution in [0.5, 0.6) is 0 Å². The summed E-state index contributed by atoms with van der Waals surface area (Å²) in [7, 11) is 0. The van der Waals surface area contributed by atoms with Crippen LogP contribution in [0, 0.1) is 13.8 Å². The number of hydrogen-bond donors (Lipinski definition) is 1. The fraction of sp³-hybridized carbons (Fsp3) is 0.588. The molecular formula is C17H25NO2. The third-order valence-electron chi connectivity index (χ3n) is 4.24. The minimum atomic E-state index is 0.153. The van der Waals surface area contributed by atoms with Gasteiger partial charge in [0, 0.05) is 19.2 Å². The van der Waals surface area contributed by atoms with Crippen LogP contribution in [0.15, 0.2) is 18.2 Å². The van der Waals surface area contributed by atoms with Gasteiger partial charge in [0.2, 0.25) is 5.91 Å². The van der Waals surface area contributed by atoms with Gasteiger partial charge in [-0.3, -0.25) is 4.79 Å². The van der Waals surface area contributed by atoms with Crippen LogP contribution in [0.3, 0.4) is 0 Å². The van der Waals surface area contributed by atoms with E-state index in [1.165, 1.54) is 17.5 Å². The molecule has 1 aromatic rings. The summed E-state index contributed by atoms with van der Waals surface area (Å²) in [5, 5.41) is 9.00. The average Bonchev–Trinajstić information content (AvgIpc) is 2.36. The first kappa shape index (κ1) is 15.0. The van der Waals surface area contributed by atoms with Crippen LogP contribution < -0.4 is 0 Å². The Bertz CT molecular complexity index is 466. The molecule has 0 saturated heterocycles. The molecule has 110 valence electrons. The second-order valence-corrected chi connectivity index (χ2v) is 5.86. The zero-order chi connectivity index (χ0) is 14.5. The third kappa shape index (κ3) is 3.60. The van der Waals surface area contributed by atoms with Crippen molar-refractivity contribution < 1.29 is 9.90 Å². The van der Waals surface area contributed by atoms with Crippen LogP contribution in [0.1, 0.15) is 42.4 Å². The van der Waals surface area contributed by atoms with Crippen molar-refractivity contribution in [1.29, 1.82) is 0 Å². The van der Waals surface area contributed by atoms with E-state index in [4.69, 9.17) is 5.11 Å². The Labute approximate surface area is 121 Å². The molecule has 0 heterocycles. The fourth-order valence-electron chi connectivity index (χ4n) is 2.71. The summed E-state index contributed by atoms with van der Waals surface area (Å²) in [5.74, 6) is 0.205. The standard InChI is InChI=1S/C17H25NO2/c1-13-7-8-14(2)15(11-13)12-17(20)18(9-4-10-19)16-5-3-6-16/h7-8,11,16,19H,3-6,9-10,12H2,1-2H3. The molecule has 1 N–H and O–H groups in total. The van der Waals surface area contributed by atoms with Gasteiger partial charge in [-0.05, 0) is 50.7 Å². The minimum Gasteiger partial charge on any atom is -0.396 e. The molecule has 1 aromatic carbocycles. The van der Waals surface area contributed by atoms with Crippen molar-refractivity contribution in [3.63, 3.8) is 0 Å². The summed E-state index contributed by atoms with van der Waals surface area (Å²) in [5.41, 5.74) is 3.51. The van der Waals surface area contributed by atoms with E-state index in [1.54, 1.807) is 0 Å². The molecule has 3 heteroatoms. The average molecular weight is 275 g/mol. The van der Waals surface area contributed by atoms with Crippen LogP contribution in [-0.4, -0.2) is 35.1 Å². The zero-order valence-electron chi connectivity index (χ0n) is 12.6. The Morgan fingerprint density at radius 1 is 1.35 bits per heavy atom. The lowest BCUT2D eigenvalue weighted by Gasteiger charge is -2.37. The van der Waals surface area contributed by atoms with Gasteiger partial charge in [0.15, 0.2) is 0 Å². The zero-order valence-corrected chi connectivity index (χ0v) is 12.6. The fourth-order valence-corrected chi connectivity index (χ4v) is 2.71. The predicted octanol–water partition coefficient (Wildman–Crippen LogP) is 2.61. The molecule has 0 atom stereocenters. The molecule has 1 aliphatic carbocycles. The molecule has 0 aliphatic heterocycles. The van der Waals surface area contributed by atoms with Crippen molar-refractivity contribution in [3.05, 3.63) is 34.9 Å². The maximum absolute atomic E-state index is 12.6. The molecule has 3 nitrogen and oxygen atoms in total. The summed E-state index contributed by atoms with van der Waals surface area (Å²) >= 11 is 0. The number of aryl methyl sites for hydroxylation is 2. The highest BCUT2D eigenvalue weighted by Gasteiger charge is 2.28. The highest BCUT2D eigenvalue weighted by Crippen LogP contribution is 2.26. The second-order valence-electron chi connectivity index (χ2n) is 5.86. The van der Waals surface area contributed by atoms with Crippen molar-refractivity contribution in [2.45, 2.75) is 52.0 Å². The Balaban J connectivity index is 2.05. The highest BCUT2D eigenvalue weighted by atomic mass is 16.3. The molecule has 0 bridgehead atoms. The quantitative estimate of drug-likeness (QED) is 0.867. The number of aliphatic hydroxyl groups is 1. The number of rotatable bonds is 6. The van der Waals surface area contributed by atoms with Gasteiger partial charge >= 0.3 is 0 Å². The van der Waals surface area contributed by atoms with Crippen molar-refractivity contribution in [3.8, 4) is 0 Å². The summed E-state index contributed by atoms with van der Waals surface area (Å²) in [6, 6.07) is 6.68. The van der Waals surface area contributed by atoms with Crippen molar-refractivity contribution in [2.24, 2.45) is 0 Å². The lowest BCUT2D eigenvalue weighted by molar-refractivity contribution is -0.134.